The standard InChI is InChI=1S/C20H27N3O4S2/c1-15-18(16(2)27-21-15)14-28-19-7-5-4-6-17(19)20(24)23-10-8-22(9-11-23)12-13-29(3,25)26/h4-7H,8-14H2,1-3H3. The van der Waals surface area contributed by atoms with Gasteiger partial charge in [-0.3, -0.25) is 9.69 Å². The van der Waals surface area contributed by atoms with E-state index >= 15 is 0 Å². The summed E-state index contributed by atoms with van der Waals surface area (Å²) in [6, 6.07) is 7.66. The topological polar surface area (TPSA) is 83.7 Å². The molecule has 1 amide bonds. The van der Waals surface area contributed by atoms with Crippen molar-refractivity contribution in [1.29, 1.82) is 0 Å². The summed E-state index contributed by atoms with van der Waals surface area (Å²) in [5.74, 6) is 1.69. The summed E-state index contributed by atoms with van der Waals surface area (Å²) in [5.41, 5.74) is 2.65. The molecule has 0 saturated carbocycles. The average Bonchev–Trinajstić information content (AvgIpc) is 3.02. The van der Waals surface area contributed by atoms with Crippen LogP contribution in [0.4, 0.5) is 0 Å². The highest BCUT2D eigenvalue weighted by atomic mass is 32.2. The van der Waals surface area contributed by atoms with Crippen LogP contribution < -0.4 is 0 Å². The van der Waals surface area contributed by atoms with Gasteiger partial charge in [-0.15, -0.1) is 11.8 Å². The number of nitrogens with zero attached hydrogens (tertiary/aromatic N) is 3. The molecule has 1 saturated heterocycles. The summed E-state index contributed by atoms with van der Waals surface area (Å²) in [6.07, 6.45) is 1.25. The molecule has 7 nitrogen and oxygen atoms in total. The van der Waals surface area contributed by atoms with Crippen LogP contribution in [0.25, 0.3) is 0 Å². The second-order valence-electron chi connectivity index (χ2n) is 7.35. The Morgan fingerprint density at radius 2 is 1.86 bits per heavy atom. The van der Waals surface area contributed by atoms with Gasteiger partial charge in [0.05, 0.1) is 17.0 Å². The van der Waals surface area contributed by atoms with Crippen LogP contribution in [0.3, 0.4) is 0 Å². The van der Waals surface area contributed by atoms with Crippen molar-refractivity contribution in [3.05, 3.63) is 46.8 Å². The Labute approximate surface area is 176 Å². The number of benzene rings is 1. The molecule has 1 aliphatic heterocycles. The summed E-state index contributed by atoms with van der Waals surface area (Å²) in [7, 11) is -2.97. The first-order valence-electron chi connectivity index (χ1n) is 9.57. The lowest BCUT2D eigenvalue weighted by Crippen LogP contribution is -2.49. The lowest BCUT2D eigenvalue weighted by Gasteiger charge is -2.34. The van der Waals surface area contributed by atoms with E-state index < -0.39 is 9.84 Å². The van der Waals surface area contributed by atoms with Crippen molar-refractivity contribution < 1.29 is 17.7 Å². The van der Waals surface area contributed by atoms with Crippen molar-refractivity contribution in [2.45, 2.75) is 24.5 Å². The van der Waals surface area contributed by atoms with Crippen molar-refractivity contribution in [3.63, 3.8) is 0 Å². The van der Waals surface area contributed by atoms with E-state index in [-0.39, 0.29) is 11.7 Å². The molecule has 1 aliphatic rings. The molecule has 1 fully saturated rings. The van der Waals surface area contributed by atoms with E-state index in [4.69, 9.17) is 4.52 Å². The molecule has 1 aromatic heterocycles. The van der Waals surface area contributed by atoms with Gasteiger partial charge in [0.15, 0.2) is 0 Å². The van der Waals surface area contributed by atoms with Crippen LogP contribution in [-0.4, -0.2) is 74.0 Å². The third kappa shape index (κ3) is 5.83. The molecule has 1 aromatic carbocycles. The molecular weight excluding hydrogens is 410 g/mol. The van der Waals surface area contributed by atoms with Crippen molar-refractivity contribution in [2.24, 2.45) is 0 Å². The second-order valence-corrected chi connectivity index (χ2v) is 10.6. The number of carbonyl (C=O) groups excluding carboxylic acids is 1. The zero-order valence-electron chi connectivity index (χ0n) is 17.1. The molecular formula is C20H27N3O4S2. The molecule has 2 aromatic rings. The minimum atomic E-state index is -2.97. The zero-order chi connectivity index (χ0) is 21.0. The van der Waals surface area contributed by atoms with E-state index in [1.165, 1.54) is 6.26 Å². The van der Waals surface area contributed by atoms with Gasteiger partial charge in [-0.1, -0.05) is 17.3 Å². The van der Waals surface area contributed by atoms with Gasteiger partial charge in [0.25, 0.3) is 5.91 Å². The third-order valence-corrected chi connectivity index (χ3v) is 7.13. The number of aryl methyl sites for hydroxylation is 2. The van der Waals surface area contributed by atoms with Crippen LogP contribution >= 0.6 is 11.8 Å². The highest BCUT2D eigenvalue weighted by molar-refractivity contribution is 7.98. The Balaban J connectivity index is 1.62. The van der Waals surface area contributed by atoms with Crippen LogP contribution in [0.2, 0.25) is 0 Å². The first-order chi connectivity index (χ1) is 13.7. The van der Waals surface area contributed by atoms with Crippen LogP contribution in [0.1, 0.15) is 27.4 Å². The smallest absolute Gasteiger partial charge is 0.255 e. The number of aromatic nitrogens is 1. The maximum Gasteiger partial charge on any atom is 0.255 e. The summed E-state index contributed by atoms with van der Waals surface area (Å²) in [6.45, 7) is 6.93. The summed E-state index contributed by atoms with van der Waals surface area (Å²) < 4.78 is 27.9. The van der Waals surface area contributed by atoms with Crippen LogP contribution in [0.15, 0.2) is 33.7 Å². The summed E-state index contributed by atoms with van der Waals surface area (Å²) in [5, 5.41) is 3.99. The maximum absolute atomic E-state index is 13.1. The number of amides is 1. The summed E-state index contributed by atoms with van der Waals surface area (Å²) >= 11 is 1.61. The van der Waals surface area contributed by atoms with Crippen molar-refractivity contribution >= 4 is 27.5 Å². The average molecular weight is 438 g/mol. The molecule has 0 unspecified atom stereocenters. The lowest BCUT2D eigenvalue weighted by atomic mass is 10.2. The Morgan fingerprint density at radius 3 is 2.48 bits per heavy atom. The van der Waals surface area contributed by atoms with E-state index in [9.17, 15) is 13.2 Å². The van der Waals surface area contributed by atoms with E-state index in [1.54, 1.807) is 11.8 Å². The quantitative estimate of drug-likeness (QED) is 0.615. The third-order valence-electron chi connectivity index (χ3n) is 5.11. The van der Waals surface area contributed by atoms with Gasteiger partial charge < -0.3 is 9.42 Å². The maximum atomic E-state index is 13.1. The molecule has 0 bridgehead atoms. The Hall–Kier alpha value is -1.84. The molecule has 158 valence electrons. The van der Waals surface area contributed by atoms with Gasteiger partial charge in [0.1, 0.15) is 15.6 Å². The number of piperazine rings is 1. The number of hydrogen-bond acceptors (Lipinski definition) is 7. The van der Waals surface area contributed by atoms with E-state index in [0.717, 1.165) is 21.9 Å². The number of rotatable bonds is 7. The first kappa shape index (κ1) is 21.9. The second kappa shape index (κ2) is 9.32. The normalized spacial score (nSPS) is 15.6. The van der Waals surface area contributed by atoms with Gasteiger partial charge in [-0.2, -0.15) is 0 Å². The van der Waals surface area contributed by atoms with Crippen molar-refractivity contribution in [1.82, 2.24) is 15.0 Å². The molecule has 0 N–H and O–H groups in total. The van der Waals surface area contributed by atoms with Crippen LogP contribution in [0, 0.1) is 13.8 Å². The fourth-order valence-corrected chi connectivity index (χ4v) is 5.05. The summed E-state index contributed by atoms with van der Waals surface area (Å²) in [4.78, 5) is 18.0. The molecule has 9 heteroatoms. The molecule has 0 radical (unpaired) electrons. The number of carbonyl (C=O) groups is 1. The van der Waals surface area contributed by atoms with Gasteiger partial charge in [0.2, 0.25) is 0 Å². The largest absolute Gasteiger partial charge is 0.361 e. The Kier molecular flexibility index (Phi) is 7.02. The molecule has 0 spiro atoms. The fraction of sp³-hybridized carbons (Fsp3) is 0.500. The molecule has 29 heavy (non-hydrogen) atoms. The van der Waals surface area contributed by atoms with Crippen LogP contribution in [0.5, 0.6) is 0 Å². The lowest BCUT2D eigenvalue weighted by molar-refractivity contribution is 0.0640. The monoisotopic (exact) mass is 437 g/mol. The van der Waals surface area contributed by atoms with Gasteiger partial charge in [-0.05, 0) is 26.0 Å². The molecule has 3 rings (SSSR count). The van der Waals surface area contributed by atoms with Crippen molar-refractivity contribution in [3.8, 4) is 0 Å². The molecule has 0 atom stereocenters. The SMILES string of the molecule is Cc1noc(C)c1CSc1ccccc1C(=O)N1CCN(CCS(C)(=O)=O)CC1. The van der Waals surface area contributed by atoms with E-state index in [1.807, 2.05) is 43.0 Å². The number of sulfone groups is 1. The van der Waals surface area contributed by atoms with Gasteiger partial charge in [0, 0.05) is 55.2 Å². The van der Waals surface area contributed by atoms with Gasteiger partial charge >= 0.3 is 0 Å². The predicted octanol–water partition coefficient (Wildman–Crippen LogP) is 2.39. The molecule has 2 heterocycles. The highest BCUT2D eigenvalue weighted by Gasteiger charge is 2.24. The minimum Gasteiger partial charge on any atom is -0.361 e. The van der Waals surface area contributed by atoms with Crippen molar-refractivity contribution in [2.75, 3.05) is 44.7 Å². The van der Waals surface area contributed by atoms with E-state index in [0.29, 0.717) is 44.0 Å². The Morgan fingerprint density at radius 1 is 1.17 bits per heavy atom. The predicted molar refractivity (Wildman–Crippen MR) is 114 cm³/mol. The minimum absolute atomic E-state index is 0.0228. The first-order valence-corrected chi connectivity index (χ1v) is 12.6. The zero-order valence-corrected chi connectivity index (χ0v) is 18.7. The number of thioether (sulfide) groups is 1. The Bertz CT molecular complexity index is 944. The number of hydrogen-bond donors (Lipinski definition) is 0. The highest BCUT2D eigenvalue weighted by Crippen LogP contribution is 2.29. The van der Waals surface area contributed by atoms with E-state index in [2.05, 4.69) is 10.1 Å². The molecule has 0 aliphatic carbocycles. The van der Waals surface area contributed by atoms with Crippen LogP contribution in [-0.2, 0) is 15.6 Å². The van der Waals surface area contributed by atoms with Gasteiger partial charge in [-0.25, -0.2) is 8.42 Å². The fourth-order valence-electron chi connectivity index (χ4n) is 3.27.